The third-order valence-electron chi connectivity index (χ3n) is 2.98. The summed E-state index contributed by atoms with van der Waals surface area (Å²) in [5.74, 6) is 1.70. The van der Waals surface area contributed by atoms with E-state index in [9.17, 15) is 0 Å². The van der Waals surface area contributed by atoms with Crippen LogP contribution in [0.2, 0.25) is 0 Å². The number of pyridine rings is 1. The Labute approximate surface area is 130 Å². The summed E-state index contributed by atoms with van der Waals surface area (Å²) in [6, 6.07) is 17.9. The van der Waals surface area contributed by atoms with Crippen LogP contribution in [0, 0.1) is 6.92 Å². The molecule has 0 saturated heterocycles. The molecular weight excluding hydrogens is 353 g/mol. The van der Waals surface area contributed by atoms with Crippen LogP contribution >= 0.6 is 0 Å². The van der Waals surface area contributed by atoms with Gasteiger partial charge in [0, 0.05) is 0 Å². The van der Waals surface area contributed by atoms with Gasteiger partial charge in [-0.2, -0.15) is 0 Å². The summed E-state index contributed by atoms with van der Waals surface area (Å²) in [6.07, 6.45) is 1.78. The number of aryl methyl sites for hydroxylation is 1. The first-order valence-electron chi connectivity index (χ1n) is 6.38. The third-order valence-corrected chi connectivity index (χ3v) is 5.03. The summed E-state index contributed by atoms with van der Waals surface area (Å²) >= 11 is -1.60. The Kier molecular flexibility index (Phi) is 4.11. The normalized spacial score (nSPS) is 10.2. The Bertz CT molecular complexity index is 708. The molecule has 4 heteroatoms. The first-order valence-corrected chi connectivity index (χ1v) is 9.07. The van der Waals surface area contributed by atoms with Gasteiger partial charge in [0.2, 0.25) is 0 Å². The molecule has 0 unspecified atom stereocenters. The van der Waals surface area contributed by atoms with Crippen LogP contribution in [0.15, 0.2) is 60.8 Å². The molecule has 1 heterocycles. The van der Waals surface area contributed by atoms with Crippen LogP contribution in [-0.2, 0) is 0 Å². The van der Waals surface area contributed by atoms with E-state index in [0.29, 0.717) is 0 Å². The number of fused-ring (bicyclic) bond motifs is 1. The topological polar surface area (TPSA) is 31.4 Å². The summed E-state index contributed by atoms with van der Waals surface area (Å²) in [6.45, 7) is 2.06. The molecule has 0 bridgehead atoms. The number of hydrogen-bond donors (Lipinski definition) is 0. The average Bonchev–Trinajstić information content (AvgIpc) is 2.49. The molecule has 1 radical (unpaired) electrons. The van der Waals surface area contributed by atoms with Crippen LogP contribution in [0.4, 0.5) is 0 Å². The molecular formula is C16H13InNO2. The van der Waals surface area contributed by atoms with Gasteiger partial charge in [-0.25, -0.2) is 0 Å². The van der Waals surface area contributed by atoms with E-state index in [2.05, 4.69) is 11.9 Å². The van der Waals surface area contributed by atoms with Crippen molar-refractivity contribution in [1.82, 2.24) is 4.98 Å². The van der Waals surface area contributed by atoms with E-state index >= 15 is 0 Å². The van der Waals surface area contributed by atoms with E-state index in [1.54, 1.807) is 6.20 Å². The molecule has 0 saturated carbocycles. The number of rotatable bonds is 4. The van der Waals surface area contributed by atoms with Crippen LogP contribution in [0.25, 0.3) is 10.9 Å². The Hall–Kier alpha value is -1.68. The molecule has 0 aliphatic rings. The zero-order valence-corrected chi connectivity index (χ0v) is 14.4. The fourth-order valence-corrected chi connectivity index (χ4v) is 3.66. The second-order valence-electron chi connectivity index (χ2n) is 4.48. The van der Waals surface area contributed by atoms with Crippen molar-refractivity contribution in [2.75, 3.05) is 0 Å². The van der Waals surface area contributed by atoms with Crippen molar-refractivity contribution < 1.29 is 5.71 Å². The second-order valence-corrected chi connectivity index (χ2v) is 6.37. The Balaban J connectivity index is 1.69. The van der Waals surface area contributed by atoms with Crippen LogP contribution in [0.3, 0.4) is 0 Å². The quantitative estimate of drug-likeness (QED) is 0.708. The van der Waals surface area contributed by atoms with Gasteiger partial charge >= 0.3 is 130 Å². The summed E-state index contributed by atoms with van der Waals surface area (Å²) in [5, 5.41) is 1.09. The molecule has 2 aromatic carbocycles. The van der Waals surface area contributed by atoms with Crippen LogP contribution in [0.1, 0.15) is 5.56 Å². The Morgan fingerprint density at radius 3 is 2.55 bits per heavy atom. The minimum absolute atomic E-state index is 0.816. The number of hydrogen-bond acceptors (Lipinski definition) is 3. The van der Waals surface area contributed by atoms with Crippen molar-refractivity contribution in [3.63, 3.8) is 0 Å². The van der Waals surface area contributed by atoms with Crippen molar-refractivity contribution in [1.29, 1.82) is 0 Å². The molecule has 3 rings (SSSR count). The summed E-state index contributed by atoms with van der Waals surface area (Å²) in [4.78, 5) is 4.37. The Morgan fingerprint density at radius 2 is 1.70 bits per heavy atom. The molecule has 97 valence electrons. The molecule has 3 nitrogen and oxygen atoms in total. The molecule has 1 aromatic heterocycles. The van der Waals surface area contributed by atoms with Crippen molar-refractivity contribution in [2.45, 2.75) is 6.92 Å². The van der Waals surface area contributed by atoms with E-state index in [1.807, 2.05) is 54.6 Å². The van der Waals surface area contributed by atoms with E-state index in [0.717, 1.165) is 22.4 Å². The maximum atomic E-state index is 5.86. The van der Waals surface area contributed by atoms with Gasteiger partial charge in [0.1, 0.15) is 0 Å². The molecule has 0 N–H and O–H groups in total. The number of nitrogens with zero attached hydrogens (tertiary/aromatic N) is 1. The second kappa shape index (κ2) is 6.18. The molecule has 0 fully saturated rings. The van der Waals surface area contributed by atoms with Gasteiger partial charge in [-0.15, -0.1) is 0 Å². The van der Waals surface area contributed by atoms with E-state index in [-0.39, 0.29) is 0 Å². The summed E-state index contributed by atoms with van der Waals surface area (Å²) in [7, 11) is 0. The van der Waals surface area contributed by atoms with E-state index in [4.69, 9.17) is 5.71 Å². The van der Waals surface area contributed by atoms with Crippen LogP contribution in [-0.4, -0.2) is 28.8 Å². The average molecular weight is 366 g/mol. The first kappa shape index (κ1) is 13.3. The predicted octanol–water partition coefficient (Wildman–Crippen LogP) is 3.54. The maximum absolute atomic E-state index is 5.86. The van der Waals surface area contributed by atoms with Gasteiger partial charge in [0.15, 0.2) is 0 Å². The van der Waals surface area contributed by atoms with E-state index < -0.39 is 23.8 Å². The number of aromatic nitrogens is 1. The molecule has 0 atom stereocenters. The van der Waals surface area contributed by atoms with Gasteiger partial charge in [0.25, 0.3) is 0 Å². The van der Waals surface area contributed by atoms with Crippen molar-refractivity contribution in [3.05, 3.63) is 66.4 Å². The van der Waals surface area contributed by atoms with E-state index in [1.165, 1.54) is 5.56 Å². The minimum atomic E-state index is -1.60. The van der Waals surface area contributed by atoms with Crippen LogP contribution < -0.4 is 5.71 Å². The molecule has 20 heavy (non-hydrogen) atoms. The van der Waals surface area contributed by atoms with Gasteiger partial charge < -0.3 is 0 Å². The van der Waals surface area contributed by atoms with Crippen LogP contribution in [0.5, 0.6) is 11.5 Å². The third kappa shape index (κ3) is 3.07. The van der Waals surface area contributed by atoms with Crippen molar-refractivity contribution in [2.24, 2.45) is 0 Å². The zero-order valence-electron chi connectivity index (χ0n) is 11.1. The number of para-hydroxylation sites is 1. The van der Waals surface area contributed by atoms with Crippen molar-refractivity contribution in [3.8, 4) is 11.5 Å². The Morgan fingerprint density at radius 1 is 0.900 bits per heavy atom. The summed E-state index contributed by atoms with van der Waals surface area (Å²) < 4.78 is 11.6. The predicted molar refractivity (Wildman–Crippen MR) is 79.9 cm³/mol. The molecule has 0 spiro atoms. The molecule has 0 amide bonds. The molecule has 3 aromatic rings. The fraction of sp³-hybridized carbons (Fsp3) is 0.0625. The fourth-order valence-electron chi connectivity index (χ4n) is 1.92. The monoisotopic (exact) mass is 366 g/mol. The molecule has 0 aliphatic carbocycles. The standard InChI is InChI=1S/C9H7NO.C7H8O.In/c11-8-5-1-3-7-4-2-6-10-9(7)8;1-6-2-4-7(8)5-3-6;/h1-6,11H;2-5,8H,1H3;/q;;+2/p-2. The first-order chi connectivity index (χ1) is 9.83. The van der Waals surface area contributed by atoms with Gasteiger partial charge in [-0.3, -0.25) is 0 Å². The zero-order chi connectivity index (χ0) is 13.8. The summed E-state index contributed by atoms with van der Waals surface area (Å²) in [5.41, 5.74) is 2.12. The number of benzene rings is 2. The van der Waals surface area contributed by atoms with Gasteiger partial charge in [0.05, 0.1) is 0 Å². The van der Waals surface area contributed by atoms with Gasteiger partial charge in [-0.1, -0.05) is 0 Å². The van der Waals surface area contributed by atoms with Gasteiger partial charge in [-0.05, 0) is 0 Å². The van der Waals surface area contributed by atoms with Crippen molar-refractivity contribution >= 4 is 34.7 Å². The molecule has 0 aliphatic heterocycles. The SMILES string of the molecule is Cc1ccc([O][In][O]c2cccc3cccnc23)cc1.